The van der Waals surface area contributed by atoms with E-state index in [1.165, 1.54) is 32.4 Å². The zero-order valence-corrected chi connectivity index (χ0v) is 11.5. The second-order valence-electron chi connectivity index (χ2n) is 4.42. The number of hydrogen-bond acceptors (Lipinski definition) is 4. The molecule has 1 aliphatic rings. The van der Waals surface area contributed by atoms with Crippen molar-refractivity contribution in [3.05, 3.63) is 16.7 Å². The fourth-order valence-corrected chi connectivity index (χ4v) is 2.47. The molecule has 0 saturated carbocycles. The lowest BCUT2D eigenvalue weighted by atomic mass is 10.1. The summed E-state index contributed by atoms with van der Waals surface area (Å²) in [6.07, 6.45) is 5.81. The third kappa shape index (κ3) is 3.85. The summed E-state index contributed by atoms with van der Waals surface area (Å²) in [7, 11) is 0. The standard InChI is InChI=1S/C12H19BrN4/c13-10-8-11(14)12(16-9-10)15-4-7-17-5-2-1-3-6-17/h8-9H,1-7,14H2,(H,15,16). The number of anilines is 2. The van der Waals surface area contributed by atoms with E-state index in [9.17, 15) is 0 Å². The van der Waals surface area contributed by atoms with Gasteiger partial charge in [0.1, 0.15) is 5.82 Å². The predicted octanol–water partition coefficient (Wildman–Crippen LogP) is 2.32. The van der Waals surface area contributed by atoms with Gasteiger partial charge in [-0.15, -0.1) is 0 Å². The Labute approximate surface area is 111 Å². The summed E-state index contributed by atoms with van der Waals surface area (Å²) in [6.45, 7) is 4.42. The maximum absolute atomic E-state index is 5.87. The predicted molar refractivity (Wildman–Crippen MR) is 75.1 cm³/mol. The van der Waals surface area contributed by atoms with Gasteiger partial charge in [-0.25, -0.2) is 4.98 Å². The number of piperidine rings is 1. The highest BCUT2D eigenvalue weighted by molar-refractivity contribution is 9.10. The minimum absolute atomic E-state index is 0.693. The quantitative estimate of drug-likeness (QED) is 0.896. The first-order valence-corrected chi connectivity index (χ1v) is 6.92. The molecule has 17 heavy (non-hydrogen) atoms. The van der Waals surface area contributed by atoms with Crippen molar-refractivity contribution in [2.75, 3.05) is 37.2 Å². The molecule has 0 amide bonds. The molecule has 0 aromatic carbocycles. The lowest BCUT2D eigenvalue weighted by molar-refractivity contribution is 0.237. The largest absolute Gasteiger partial charge is 0.396 e. The maximum atomic E-state index is 5.87. The van der Waals surface area contributed by atoms with Crippen molar-refractivity contribution in [2.45, 2.75) is 19.3 Å². The fraction of sp³-hybridized carbons (Fsp3) is 0.583. The van der Waals surface area contributed by atoms with Gasteiger partial charge >= 0.3 is 0 Å². The minimum atomic E-state index is 0.693. The lowest BCUT2D eigenvalue weighted by Crippen LogP contribution is -2.33. The molecule has 94 valence electrons. The summed E-state index contributed by atoms with van der Waals surface area (Å²) < 4.78 is 0.914. The molecule has 3 N–H and O–H groups in total. The highest BCUT2D eigenvalue weighted by atomic mass is 79.9. The Hall–Kier alpha value is -0.810. The van der Waals surface area contributed by atoms with E-state index in [-0.39, 0.29) is 0 Å². The smallest absolute Gasteiger partial charge is 0.149 e. The van der Waals surface area contributed by atoms with Crippen LogP contribution in [0.2, 0.25) is 0 Å². The van der Waals surface area contributed by atoms with E-state index >= 15 is 0 Å². The summed E-state index contributed by atoms with van der Waals surface area (Å²) >= 11 is 3.35. The molecule has 0 bridgehead atoms. The van der Waals surface area contributed by atoms with Crippen LogP contribution in [0, 0.1) is 0 Å². The number of rotatable bonds is 4. The highest BCUT2D eigenvalue weighted by Crippen LogP contribution is 2.19. The van der Waals surface area contributed by atoms with Crippen molar-refractivity contribution in [3.63, 3.8) is 0 Å². The van der Waals surface area contributed by atoms with E-state index in [1.807, 2.05) is 6.07 Å². The number of halogens is 1. The normalized spacial score (nSPS) is 17.0. The van der Waals surface area contributed by atoms with E-state index in [0.717, 1.165) is 23.4 Å². The van der Waals surface area contributed by atoms with Gasteiger partial charge in [-0.3, -0.25) is 0 Å². The number of hydrogen-bond donors (Lipinski definition) is 2. The Balaban J connectivity index is 1.77. The number of aromatic nitrogens is 1. The molecule has 0 unspecified atom stereocenters. The Morgan fingerprint density at radius 1 is 1.35 bits per heavy atom. The van der Waals surface area contributed by atoms with Gasteiger partial charge in [0.2, 0.25) is 0 Å². The molecule has 2 rings (SSSR count). The molecule has 1 saturated heterocycles. The van der Waals surface area contributed by atoms with Crippen LogP contribution in [-0.4, -0.2) is 36.1 Å². The Morgan fingerprint density at radius 2 is 2.12 bits per heavy atom. The molecule has 1 aromatic heterocycles. The lowest BCUT2D eigenvalue weighted by Gasteiger charge is -2.26. The number of pyridine rings is 1. The molecule has 1 aliphatic heterocycles. The second-order valence-corrected chi connectivity index (χ2v) is 5.34. The molecule has 1 fully saturated rings. The Kier molecular flexibility index (Phi) is 4.62. The summed E-state index contributed by atoms with van der Waals surface area (Å²) in [5.41, 5.74) is 6.56. The first-order chi connectivity index (χ1) is 8.25. The van der Waals surface area contributed by atoms with E-state index < -0.39 is 0 Å². The molecule has 0 spiro atoms. The van der Waals surface area contributed by atoms with Gasteiger partial charge in [-0.05, 0) is 47.9 Å². The van der Waals surface area contributed by atoms with Gasteiger partial charge in [0.25, 0.3) is 0 Å². The van der Waals surface area contributed by atoms with Crippen LogP contribution in [0.1, 0.15) is 19.3 Å². The van der Waals surface area contributed by atoms with Crippen LogP contribution in [0.5, 0.6) is 0 Å². The van der Waals surface area contributed by atoms with Gasteiger partial charge in [-0.1, -0.05) is 6.42 Å². The molecule has 1 aromatic rings. The van der Waals surface area contributed by atoms with E-state index in [4.69, 9.17) is 5.73 Å². The number of nitrogens with zero attached hydrogens (tertiary/aromatic N) is 2. The molecule has 4 nitrogen and oxygen atoms in total. The number of likely N-dealkylation sites (tertiary alicyclic amines) is 1. The first kappa shape index (κ1) is 12.6. The van der Waals surface area contributed by atoms with E-state index in [0.29, 0.717) is 5.69 Å². The van der Waals surface area contributed by atoms with Gasteiger partial charge in [0.05, 0.1) is 5.69 Å². The molecule has 2 heterocycles. The fourth-order valence-electron chi connectivity index (χ4n) is 2.12. The zero-order chi connectivity index (χ0) is 12.1. The molecule has 0 aliphatic carbocycles. The van der Waals surface area contributed by atoms with Crippen LogP contribution in [0.25, 0.3) is 0 Å². The van der Waals surface area contributed by atoms with Crippen LogP contribution in [-0.2, 0) is 0 Å². The van der Waals surface area contributed by atoms with Crippen LogP contribution in [0.4, 0.5) is 11.5 Å². The number of nitrogens with two attached hydrogens (primary N) is 1. The van der Waals surface area contributed by atoms with Crippen molar-refractivity contribution in [2.24, 2.45) is 0 Å². The minimum Gasteiger partial charge on any atom is -0.396 e. The van der Waals surface area contributed by atoms with Crippen molar-refractivity contribution in [3.8, 4) is 0 Å². The molecule has 5 heteroatoms. The topological polar surface area (TPSA) is 54.2 Å². The Bertz CT molecular complexity index is 364. The van der Waals surface area contributed by atoms with Crippen molar-refractivity contribution >= 4 is 27.4 Å². The highest BCUT2D eigenvalue weighted by Gasteiger charge is 2.09. The molecular weight excluding hydrogens is 280 g/mol. The number of nitrogen functional groups attached to an aromatic ring is 1. The third-order valence-electron chi connectivity index (χ3n) is 3.05. The molecule has 0 atom stereocenters. The average molecular weight is 299 g/mol. The van der Waals surface area contributed by atoms with Crippen molar-refractivity contribution in [1.82, 2.24) is 9.88 Å². The SMILES string of the molecule is Nc1cc(Br)cnc1NCCN1CCCCC1. The van der Waals surface area contributed by atoms with Crippen molar-refractivity contribution in [1.29, 1.82) is 0 Å². The van der Waals surface area contributed by atoms with Gasteiger partial charge in [0.15, 0.2) is 0 Å². The first-order valence-electron chi connectivity index (χ1n) is 6.13. The van der Waals surface area contributed by atoms with Crippen LogP contribution in [0.15, 0.2) is 16.7 Å². The number of nitrogens with one attached hydrogen (secondary N) is 1. The van der Waals surface area contributed by atoms with E-state index in [1.54, 1.807) is 6.20 Å². The van der Waals surface area contributed by atoms with Gasteiger partial charge < -0.3 is 16.0 Å². The monoisotopic (exact) mass is 298 g/mol. The molecule has 0 radical (unpaired) electrons. The van der Waals surface area contributed by atoms with E-state index in [2.05, 4.69) is 31.1 Å². The van der Waals surface area contributed by atoms with Crippen LogP contribution < -0.4 is 11.1 Å². The van der Waals surface area contributed by atoms with Gasteiger partial charge in [-0.2, -0.15) is 0 Å². The average Bonchev–Trinajstić information content (AvgIpc) is 2.33. The summed E-state index contributed by atoms with van der Waals surface area (Å²) in [6, 6.07) is 1.87. The third-order valence-corrected chi connectivity index (χ3v) is 3.49. The summed E-state index contributed by atoms with van der Waals surface area (Å²) in [4.78, 5) is 6.75. The maximum Gasteiger partial charge on any atom is 0.149 e. The van der Waals surface area contributed by atoms with Crippen LogP contribution in [0.3, 0.4) is 0 Å². The zero-order valence-electron chi connectivity index (χ0n) is 9.95. The van der Waals surface area contributed by atoms with Gasteiger partial charge in [0, 0.05) is 23.8 Å². The Morgan fingerprint density at radius 3 is 2.82 bits per heavy atom. The molecular formula is C12H19BrN4. The summed E-state index contributed by atoms with van der Waals surface area (Å²) in [5.74, 6) is 0.783. The summed E-state index contributed by atoms with van der Waals surface area (Å²) in [5, 5.41) is 3.29. The van der Waals surface area contributed by atoms with Crippen molar-refractivity contribution < 1.29 is 0 Å². The van der Waals surface area contributed by atoms with Crippen LogP contribution >= 0.6 is 15.9 Å². The second kappa shape index (κ2) is 6.21.